The molecule has 0 saturated heterocycles. The van der Waals surface area contributed by atoms with Crippen LogP contribution in [0.25, 0.3) is 11.3 Å². The third kappa shape index (κ3) is 2.06. The van der Waals surface area contributed by atoms with Crippen molar-refractivity contribution in [2.24, 2.45) is 0 Å². The van der Waals surface area contributed by atoms with Gasteiger partial charge in [0.2, 0.25) is 0 Å². The first-order chi connectivity index (χ1) is 8.13. The molecule has 0 aliphatic rings. The van der Waals surface area contributed by atoms with Gasteiger partial charge in [-0.25, -0.2) is 4.79 Å². The normalized spacial score (nSPS) is 10.5. The topological polar surface area (TPSA) is 55.1 Å². The molecule has 0 saturated carbocycles. The molecular formula is C13H14N2O2. The van der Waals surface area contributed by atoms with Crippen LogP contribution in [0.3, 0.4) is 0 Å². The second kappa shape index (κ2) is 4.41. The van der Waals surface area contributed by atoms with Gasteiger partial charge in [0.15, 0.2) is 0 Å². The number of carbonyl (C=O) groups is 1. The van der Waals surface area contributed by atoms with E-state index in [1.165, 1.54) is 0 Å². The molecule has 0 aliphatic heterocycles. The van der Waals surface area contributed by atoms with E-state index < -0.39 is 5.97 Å². The van der Waals surface area contributed by atoms with E-state index >= 15 is 0 Å². The number of aromatic nitrogens is 2. The first-order valence-electron chi connectivity index (χ1n) is 5.49. The molecule has 0 aliphatic carbocycles. The summed E-state index contributed by atoms with van der Waals surface area (Å²) in [5.74, 6) is -0.909. The van der Waals surface area contributed by atoms with Gasteiger partial charge in [-0.2, -0.15) is 5.10 Å². The van der Waals surface area contributed by atoms with Gasteiger partial charge in [0.1, 0.15) is 0 Å². The van der Waals surface area contributed by atoms with Crippen LogP contribution >= 0.6 is 0 Å². The van der Waals surface area contributed by atoms with E-state index in [1.54, 1.807) is 18.3 Å². The van der Waals surface area contributed by atoms with Crippen molar-refractivity contribution in [3.8, 4) is 11.3 Å². The zero-order chi connectivity index (χ0) is 12.4. The molecular weight excluding hydrogens is 216 g/mol. The van der Waals surface area contributed by atoms with Gasteiger partial charge in [-0.1, -0.05) is 6.07 Å². The number of aryl methyl sites for hydroxylation is 2. The number of nitrogens with zero attached hydrogens (tertiary/aromatic N) is 2. The van der Waals surface area contributed by atoms with Crippen molar-refractivity contribution in [3.05, 3.63) is 41.6 Å². The van der Waals surface area contributed by atoms with Crippen LogP contribution in [0.2, 0.25) is 0 Å². The van der Waals surface area contributed by atoms with Crippen molar-refractivity contribution in [1.29, 1.82) is 0 Å². The summed E-state index contributed by atoms with van der Waals surface area (Å²) in [5, 5.41) is 13.2. The van der Waals surface area contributed by atoms with Crippen molar-refractivity contribution in [2.45, 2.75) is 20.4 Å². The van der Waals surface area contributed by atoms with Crippen LogP contribution in [0, 0.1) is 6.92 Å². The number of aromatic carboxylic acids is 1. The summed E-state index contributed by atoms with van der Waals surface area (Å²) in [6, 6.07) is 7.04. The van der Waals surface area contributed by atoms with Gasteiger partial charge in [-0.05, 0) is 37.6 Å². The van der Waals surface area contributed by atoms with Gasteiger partial charge in [-0.3, -0.25) is 4.68 Å². The van der Waals surface area contributed by atoms with Crippen LogP contribution in [0.15, 0.2) is 30.5 Å². The number of rotatable bonds is 3. The van der Waals surface area contributed by atoms with Crippen molar-refractivity contribution in [3.63, 3.8) is 0 Å². The predicted molar refractivity (Wildman–Crippen MR) is 65.0 cm³/mol. The molecule has 0 bridgehead atoms. The highest BCUT2D eigenvalue weighted by atomic mass is 16.4. The molecule has 0 unspecified atom stereocenters. The zero-order valence-electron chi connectivity index (χ0n) is 9.84. The molecule has 0 fully saturated rings. The lowest BCUT2D eigenvalue weighted by Crippen LogP contribution is -2.02. The minimum Gasteiger partial charge on any atom is -0.478 e. The lowest BCUT2D eigenvalue weighted by atomic mass is 10.0. The summed E-state index contributed by atoms with van der Waals surface area (Å²) in [5.41, 5.74) is 3.22. The largest absolute Gasteiger partial charge is 0.478 e. The SMILES string of the molecule is CCn1nccc1-c1cc(C(=O)O)ccc1C. The quantitative estimate of drug-likeness (QED) is 0.881. The molecule has 1 aromatic carbocycles. The van der Waals surface area contributed by atoms with Crippen LogP contribution < -0.4 is 0 Å². The number of hydrogen-bond acceptors (Lipinski definition) is 2. The Morgan fingerprint density at radius 1 is 1.41 bits per heavy atom. The monoisotopic (exact) mass is 230 g/mol. The van der Waals surface area contributed by atoms with Gasteiger partial charge in [0, 0.05) is 18.3 Å². The fourth-order valence-corrected chi connectivity index (χ4v) is 1.84. The molecule has 2 rings (SSSR count). The van der Waals surface area contributed by atoms with E-state index in [1.807, 2.05) is 30.7 Å². The number of benzene rings is 1. The Labute approximate surface area is 99.5 Å². The van der Waals surface area contributed by atoms with Crippen LogP contribution in [0.5, 0.6) is 0 Å². The van der Waals surface area contributed by atoms with Crippen LogP contribution in [0.1, 0.15) is 22.8 Å². The third-order valence-corrected chi connectivity index (χ3v) is 2.78. The summed E-state index contributed by atoms with van der Waals surface area (Å²) >= 11 is 0. The number of hydrogen-bond donors (Lipinski definition) is 1. The lowest BCUT2D eigenvalue weighted by Gasteiger charge is -2.09. The van der Waals surface area contributed by atoms with E-state index in [9.17, 15) is 4.79 Å². The van der Waals surface area contributed by atoms with Crippen molar-refractivity contribution >= 4 is 5.97 Å². The minimum atomic E-state index is -0.909. The zero-order valence-corrected chi connectivity index (χ0v) is 9.84. The molecule has 0 amide bonds. The maximum absolute atomic E-state index is 11.0. The Morgan fingerprint density at radius 2 is 2.18 bits per heavy atom. The van der Waals surface area contributed by atoms with Gasteiger partial charge in [0.05, 0.1) is 11.3 Å². The maximum atomic E-state index is 11.0. The molecule has 0 spiro atoms. The standard InChI is InChI=1S/C13H14N2O2/c1-3-15-12(6-7-14-15)11-8-10(13(16)17)5-4-9(11)2/h4-8H,3H2,1-2H3,(H,16,17). The van der Waals surface area contributed by atoms with Gasteiger partial charge >= 0.3 is 5.97 Å². The van der Waals surface area contributed by atoms with Crippen LogP contribution in [0.4, 0.5) is 0 Å². The first kappa shape index (κ1) is 11.4. The highest BCUT2D eigenvalue weighted by molar-refractivity contribution is 5.89. The molecule has 1 N–H and O–H groups in total. The smallest absolute Gasteiger partial charge is 0.335 e. The van der Waals surface area contributed by atoms with E-state index in [-0.39, 0.29) is 0 Å². The lowest BCUT2D eigenvalue weighted by molar-refractivity contribution is 0.0697. The summed E-state index contributed by atoms with van der Waals surface area (Å²) in [6.45, 7) is 4.74. The van der Waals surface area contributed by atoms with E-state index in [2.05, 4.69) is 5.10 Å². The third-order valence-electron chi connectivity index (χ3n) is 2.78. The Bertz CT molecular complexity index is 558. The summed E-state index contributed by atoms with van der Waals surface area (Å²) in [6.07, 6.45) is 1.73. The van der Waals surface area contributed by atoms with Crippen LogP contribution in [-0.2, 0) is 6.54 Å². The molecule has 17 heavy (non-hydrogen) atoms. The second-order valence-corrected chi connectivity index (χ2v) is 3.87. The van der Waals surface area contributed by atoms with Crippen molar-refractivity contribution in [1.82, 2.24) is 9.78 Å². The number of carboxylic acids is 1. The summed E-state index contributed by atoms with van der Waals surface area (Å²) < 4.78 is 1.86. The molecule has 0 atom stereocenters. The Morgan fingerprint density at radius 3 is 2.82 bits per heavy atom. The molecule has 2 aromatic rings. The van der Waals surface area contributed by atoms with Gasteiger partial charge in [0.25, 0.3) is 0 Å². The fraction of sp³-hybridized carbons (Fsp3) is 0.231. The highest BCUT2D eigenvalue weighted by Crippen LogP contribution is 2.24. The second-order valence-electron chi connectivity index (χ2n) is 3.87. The summed E-state index contributed by atoms with van der Waals surface area (Å²) in [7, 11) is 0. The van der Waals surface area contributed by atoms with E-state index in [0.717, 1.165) is 23.4 Å². The molecule has 1 heterocycles. The molecule has 1 aromatic heterocycles. The molecule has 88 valence electrons. The Hall–Kier alpha value is -2.10. The predicted octanol–water partition coefficient (Wildman–Crippen LogP) is 2.58. The first-order valence-corrected chi connectivity index (χ1v) is 5.49. The van der Waals surface area contributed by atoms with E-state index in [0.29, 0.717) is 5.56 Å². The van der Waals surface area contributed by atoms with E-state index in [4.69, 9.17) is 5.11 Å². The summed E-state index contributed by atoms with van der Waals surface area (Å²) in [4.78, 5) is 11.0. The maximum Gasteiger partial charge on any atom is 0.335 e. The van der Waals surface area contributed by atoms with Gasteiger partial charge < -0.3 is 5.11 Å². The van der Waals surface area contributed by atoms with Crippen molar-refractivity contribution < 1.29 is 9.90 Å². The highest BCUT2D eigenvalue weighted by Gasteiger charge is 2.10. The molecule has 4 nitrogen and oxygen atoms in total. The molecule has 4 heteroatoms. The van der Waals surface area contributed by atoms with Crippen LogP contribution in [-0.4, -0.2) is 20.9 Å². The average Bonchev–Trinajstić information content (AvgIpc) is 2.77. The average molecular weight is 230 g/mol. The van der Waals surface area contributed by atoms with Crippen molar-refractivity contribution in [2.75, 3.05) is 0 Å². The minimum absolute atomic E-state index is 0.300. The number of carboxylic acid groups (broad SMARTS) is 1. The Kier molecular flexibility index (Phi) is 2.95. The molecule has 0 radical (unpaired) electrons. The van der Waals surface area contributed by atoms with Gasteiger partial charge in [-0.15, -0.1) is 0 Å². The Balaban J connectivity index is 2.58. The fourth-order valence-electron chi connectivity index (χ4n) is 1.84.